The Labute approximate surface area is 185 Å². The number of piperazine rings is 1. The number of benzene rings is 1. The van der Waals surface area contributed by atoms with E-state index in [0.717, 1.165) is 59.5 Å². The zero-order chi connectivity index (χ0) is 22.1. The second kappa shape index (κ2) is 8.33. The van der Waals surface area contributed by atoms with Gasteiger partial charge in [-0.25, -0.2) is 4.98 Å². The molecule has 1 aromatic carbocycles. The Morgan fingerprint density at radius 2 is 1.91 bits per heavy atom. The molecule has 2 aromatic heterocycles. The van der Waals surface area contributed by atoms with Crippen molar-refractivity contribution in [1.29, 1.82) is 5.26 Å². The number of rotatable bonds is 3. The lowest BCUT2D eigenvalue weighted by molar-refractivity contribution is 0.0733. The van der Waals surface area contributed by atoms with Gasteiger partial charge in [-0.15, -0.1) is 0 Å². The van der Waals surface area contributed by atoms with Gasteiger partial charge in [0, 0.05) is 37.9 Å². The van der Waals surface area contributed by atoms with Crippen molar-refractivity contribution in [3.8, 4) is 22.9 Å². The number of nitrogens with zero attached hydrogens (tertiary/aromatic N) is 4. The lowest BCUT2D eigenvalue weighted by Crippen LogP contribution is -2.46. The first-order valence-electron chi connectivity index (χ1n) is 10.7. The van der Waals surface area contributed by atoms with Crippen LogP contribution in [0.15, 0.2) is 60.5 Å². The summed E-state index contributed by atoms with van der Waals surface area (Å²) in [4.78, 5) is 19.0. The lowest BCUT2D eigenvalue weighted by Gasteiger charge is -2.27. The van der Waals surface area contributed by atoms with Gasteiger partial charge in [0.25, 0.3) is 5.91 Å². The van der Waals surface area contributed by atoms with Crippen LogP contribution in [0.2, 0.25) is 0 Å². The number of allylic oxidation sites excluding steroid dienone is 4. The van der Waals surface area contributed by atoms with Gasteiger partial charge in [-0.1, -0.05) is 12.1 Å². The monoisotopic (exact) mass is 425 g/mol. The second-order valence-corrected chi connectivity index (χ2v) is 8.06. The number of phenolic OH excluding ortho intramolecular Hbond substituents is 1. The molecule has 7 heteroatoms. The molecule has 0 spiro atoms. The van der Waals surface area contributed by atoms with E-state index >= 15 is 0 Å². The molecule has 160 valence electrons. The number of nitrogens with one attached hydrogen (secondary N) is 1. The molecule has 0 atom stereocenters. The standard InChI is InChI=1S/C25H23N5O2/c26-14-17-1-3-18(4-2-17)22-15-28-24-8-6-20(16-30(22)24)19-5-7-21(23(31)13-19)25(32)29-11-9-27-10-12-29/h1,3,5-8,13,15-16,27,31H,2,4,9-12H2. The zero-order valence-electron chi connectivity index (χ0n) is 17.6. The van der Waals surface area contributed by atoms with E-state index in [1.165, 1.54) is 0 Å². The van der Waals surface area contributed by atoms with Crippen LogP contribution in [0.5, 0.6) is 5.75 Å². The van der Waals surface area contributed by atoms with Gasteiger partial charge in [0.15, 0.2) is 0 Å². The van der Waals surface area contributed by atoms with Gasteiger partial charge in [0.1, 0.15) is 11.4 Å². The van der Waals surface area contributed by atoms with Crippen LogP contribution in [0.1, 0.15) is 28.9 Å². The normalized spacial score (nSPS) is 16.4. The highest BCUT2D eigenvalue weighted by Crippen LogP contribution is 2.31. The molecule has 1 fully saturated rings. The summed E-state index contributed by atoms with van der Waals surface area (Å²) in [6.07, 6.45) is 9.22. The second-order valence-electron chi connectivity index (χ2n) is 8.06. The summed E-state index contributed by atoms with van der Waals surface area (Å²) in [5.41, 5.74) is 5.80. The Morgan fingerprint density at radius 1 is 1.09 bits per heavy atom. The largest absolute Gasteiger partial charge is 0.507 e. The van der Waals surface area contributed by atoms with Crippen molar-refractivity contribution < 1.29 is 9.90 Å². The van der Waals surface area contributed by atoms with Crippen molar-refractivity contribution in [3.05, 3.63) is 71.7 Å². The van der Waals surface area contributed by atoms with Crippen LogP contribution in [0, 0.1) is 11.3 Å². The minimum Gasteiger partial charge on any atom is -0.507 e. The number of nitriles is 1. The molecule has 7 nitrogen and oxygen atoms in total. The number of hydrogen-bond donors (Lipinski definition) is 2. The van der Waals surface area contributed by atoms with Crippen molar-refractivity contribution in [1.82, 2.24) is 19.6 Å². The maximum absolute atomic E-state index is 12.8. The Balaban J connectivity index is 1.47. The summed E-state index contributed by atoms with van der Waals surface area (Å²) in [7, 11) is 0. The molecular formula is C25H23N5O2. The van der Waals surface area contributed by atoms with Gasteiger partial charge < -0.3 is 15.3 Å². The van der Waals surface area contributed by atoms with Gasteiger partial charge in [-0.2, -0.15) is 5.26 Å². The topological polar surface area (TPSA) is 93.7 Å². The van der Waals surface area contributed by atoms with Crippen LogP contribution < -0.4 is 5.32 Å². The van der Waals surface area contributed by atoms with Gasteiger partial charge in [-0.3, -0.25) is 9.20 Å². The molecule has 0 radical (unpaired) electrons. The van der Waals surface area contributed by atoms with E-state index < -0.39 is 0 Å². The van der Waals surface area contributed by atoms with Gasteiger partial charge in [0.05, 0.1) is 23.5 Å². The number of carbonyl (C=O) groups excluding carboxylic acids is 1. The highest BCUT2D eigenvalue weighted by molar-refractivity contribution is 5.97. The molecule has 3 aromatic rings. The first-order valence-corrected chi connectivity index (χ1v) is 10.7. The third-order valence-electron chi connectivity index (χ3n) is 6.09. The number of imidazole rings is 1. The van der Waals surface area contributed by atoms with Crippen molar-refractivity contribution >= 4 is 17.1 Å². The van der Waals surface area contributed by atoms with Gasteiger partial charge in [0.2, 0.25) is 0 Å². The summed E-state index contributed by atoms with van der Waals surface area (Å²) in [5.74, 6) is -0.155. The Morgan fingerprint density at radius 3 is 2.62 bits per heavy atom. The molecule has 1 aliphatic carbocycles. The van der Waals surface area contributed by atoms with Gasteiger partial charge >= 0.3 is 0 Å². The fourth-order valence-corrected chi connectivity index (χ4v) is 4.26. The predicted octanol–water partition coefficient (Wildman–Crippen LogP) is 3.38. The van der Waals surface area contributed by atoms with E-state index in [4.69, 9.17) is 5.26 Å². The smallest absolute Gasteiger partial charge is 0.257 e. The number of pyridine rings is 1. The van der Waals surface area contributed by atoms with E-state index in [-0.39, 0.29) is 11.7 Å². The fraction of sp³-hybridized carbons (Fsp3) is 0.240. The molecule has 3 heterocycles. The Kier molecular flexibility index (Phi) is 5.21. The highest BCUT2D eigenvalue weighted by atomic mass is 16.3. The number of amides is 1. The minimum absolute atomic E-state index is 0.0128. The molecule has 1 aliphatic heterocycles. The Hall–Kier alpha value is -3.89. The molecule has 5 rings (SSSR count). The maximum atomic E-state index is 12.8. The van der Waals surface area contributed by atoms with Crippen LogP contribution in [-0.4, -0.2) is 51.5 Å². The molecule has 32 heavy (non-hydrogen) atoms. The van der Waals surface area contributed by atoms with Crippen LogP contribution in [0.3, 0.4) is 0 Å². The highest BCUT2D eigenvalue weighted by Gasteiger charge is 2.21. The third-order valence-corrected chi connectivity index (χ3v) is 6.09. The average molecular weight is 425 g/mol. The molecule has 0 bridgehead atoms. The van der Waals surface area contributed by atoms with Crippen molar-refractivity contribution in [3.63, 3.8) is 0 Å². The van der Waals surface area contributed by atoms with Crippen LogP contribution in [-0.2, 0) is 0 Å². The van der Waals surface area contributed by atoms with Crippen LogP contribution >= 0.6 is 0 Å². The van der Waals surface area contributed by atoms with Crippen molar-refractivity contribution in [2.45, 2.75) is 12.8 Å². The number of aromatic nitrogens is 2. The summed E-state index contributed by atoms with van der Waals surface area (Å²) in [5, 5.41) is 22.9. The van der Waals surface area contributed by atoms with E-state index in [0.29, 0.717) is 18.7 Å². The molecule has 1 saturated heterocycles. The molecule has 2 aliphatic rings. The minimum atomic E-state index is -0.142. The number of hydrogen-bond acceptors (Lipinski definition) is 5. The van der Waals surface area contributed by atoms with E-state index in [2.05, 4.69) is 16.4 Å². The van der Waals surface area contributed by atoms with E-state index in [9.17, 15) is 9.90 Å². The van der Waals surface area contributed by atoms with Crippen LogP contribution in [0.4, 0.5) is 0 Å². The third kappa shape index (κ3) is 3.66. The Bertz CT molecular complexity index is 1310. The number of phenols is 1. The first-order chi connectivity index (χ1) is 15.6. The van der Waals surface area contributed by atoms with Gasteiger partial charge in [-0.05, 0) is 59.9 Å². The van der Waals surface area contributed by atoms with Crippen molar-refractivity contribution in [2.75, 3.05) is 26.2 Å². The summed E-state index contributed by atoms with van der Waals surface area (Å²) in [6, 6.07) is 11.3. The number of aromatic hydroxyl groups is 1. The van der Waals surface area contributed by atoms with E-state index in [1.807, 2.05) is 47.1 Å². The molecule has 1 amide bonds. The molecule has 0 unspecified atom stereocenters. The predicted molar refractivity (Wildman–Crippen MR) is 122 cm³/mol. The first kappa shape index (κ1) is 20.0. The summed E-state index contributed by atoms with van der Waals surface area (Å²) in [6.45, 7) is 2.81. The zero-order valence-corrected chi connectivity index (χ0v) is 17.6. The van der Waals surface area contributed by atoms with E-state index in [1.54, 1.807) is 17.0 Å². The molecule has 2 N–H and O–H groups in total. The number of carbonyl (C=O) groups is 1. The quantitative estimate of drug-likeness (QED) is 0.671. The SMILES string of the molecule is N#CC1=CC=C(c2cnc3ccc(-c4ccc(C(=O)N5CCNCC5)c(O)c4)cn23)CC1. The van der Waals surface area contributed by atoms with Crippen LogP contribution in [0.25, 0.3) is 22.3 Å². The van der Waals surface area contributed by atoms with Crippen molar-refractivity contribution in [2.24, 2.45) is 0 Å². The number of fused-ring (bicyclic) bond motifs is 1. The summed E-state index contributed by atoms with van der Waals surface area (Å²) >= 11 is 0. The molecule has 0 saturated carbocycles. The average Bonchev–Trinajstić information content (AvgIpc) is 3.27. The lowest BCUT2D eigenvalue weighted by atomic mass is 9.97. The molecular weight excluding hydrogens is 402 g/mol. The maximum Gasteiger partial charge on any atom is 0.257 e. The summed E-state index contributed by atoms with van der Waals surface area (Å²) < 4.78 is 2.03. The fourth-order valence-electron chi connectivity index (χ4n) is 4.26.